The van der Waals surface area contributed by atoms with E-state index in [1.807, 2.05) is 30.3 Å². The van der Waals surface area contributed by atoms with E-state index >= 15 is 0 Å². The van der Waals surface area contributed by atoms with Crippen LogP contribution in [0.1, 0.15) is 26.3 Å². The SMILES string of the molecule is COC(=O)[C@H](Cc1ccccc1)NC(=O)CSC1=CC(=O)c2cccc(OC)c2C1=O. The number of ether oxygens (including phenoxy) is 2. The number of esters is 1. The van der Waals surface area contributed by atoms with Crippen LogP contribution in [-0.2, 0) is 20.7 Å². The fourth-order valence-corrected chi connectivity index (χ4v) is 3.99. The molecule has 0 saturated heterocycles. The van der Waals surface area contributed by atoms with Gasteiger partial charge in [-0.2, -0.15) is 0 Å². The third-order valence-corrected chi connectivity index (χ3v) is 5.71. The largest absolute Gasteiger partial charge is 0.496 e. The lowest BCUT2D eigenvalue weighted by Gasteiger charge is -2.18. The van der Waals surface area contributed by atoms with Crippen LogP contribution >= 0.6 is 11.8 Å². The molecule has 0 radical (unpaired) electrons. The molecule has 160 valence electrons. The Labute approximate surface area is 183 Å². The third kappa shape index (κ3) is 5.21. The smallest absolute Gasteiger partial charge is 0.328 e. The molecule has 0 fully saturated rings. The summed E-state index contributed by atoms with van der Waals surface area (Å²) in [5.41, 5.74) is 1.33. The Morgan fingerprint density at radius 1 is 1.03 bits per heavy atom. The summed E-state index contributed by atoms with van der Waals surface area (Å²) in [6, 6.07) is 13.2. The fourth-order valence-electron chi connectivity index (χ4n) is 3.20. The van der Waals surface area contributed by atoms with Gasteiger partial charge < -0.3 is 14.8 Å². The molecule has 0 saturated carbocycles. The lowest BCUT2D eigenvalue weighted by molar-refractivity contribution is -0.144. The highest BCUT2D eigenvalue weighted by molar-refractivity contribution is 8.04. The summed E-state index contributed by atoms with van der Waals surface area (Å²) in [7, 11) is 2.68. The molecule has 0 unspecified atom stereocenters. The average molecular weight is 439 g/mol. The standard InChI is InChI=1S/C23H21NO6S/c1-29-18-10-6-9-15-17(25)12-19(22(27)21(15)18)31-13-20(26)24-16(23(28)30-2)11-14-7-4-3-5-8-14/h3-10,12,16H,11,13H2,1-2H3,(H,24,26)/t16-/m0/s1. The normalized spacial score (nSPS) is 13.7. The maximum atomic E-state index is 12.8. The lowest BCUT2D eigenvalue weighted by atomic mass is 9.94. The van der Waals surface area contributed by atoms with Gasteiger partial charge in [0.05, 0.1) is 30.4 Å². The van der Waals surface area contributed by atoms with Gasteiger partial charge in [0.25, 0.3) is 0 Å². The van der Waals surface area contributed by atoms with Crippen LogP contribution in [0.5, 0.6) is 5.75 Å². The molecule has 7 nitrogen and oxygen atoms in total. The first-order valence-corrected chi connectivity index (χ1v) is 10.4. The highest BCUT2D eigenvalue weighted by Crippen LogP contribution is 2.33. The van der Waals surface area contributed by atoms with E-state index in [1.165, 1.54) is 20.3 Å². The molecule has 0 aliphatic heterocycles. The van der Waals surface area contributed by atoms with Gasteiger partial charge in [0.1, 0.15) is 11.8 Å². The predicted molar refractivity (Wildman–Crippen MR) is 116 cm³/mol. The Morgan fingerprint density at radius 3 is 2.45 bits per heavy atom. The molecule has 0 spiro atoms. The average Bonchev–Trinajstić information content (AvgIpc) is 2.79. The Balaban J connectivity index is 1.67. The molecule has 0 aromatic heterocycles. The zero-order chi connectivity index (χ0) is 22.4. The van der Waals surface area contributed by atoms with Gasteiger partial charge in [0, 0.05) is 18.1 Å². The van der Waals surface area contributed by atoms with Crippen LogP contribution in [0.25, 0.3) is 0 Å². The van der Waals surface area contributed by atoms with Crippen LogP contribution in [0.2, 0.25) is 0 Å². The topological polar surface area (TPSA) is 98.8 Å². The monoisotopic (exact) mass is 439 g/mol. The molecule has 0 bridgehead atoms. The number of carbonyl (C=O) groups is 4. The van der Waals surface area contributed by atoms with E-state index in [0.717, 1.165) is 17.3 Å². The van der Waals surface area contributed by atoms with E-state index in [0.29, 0.717) is 5.75 Å². The van der Waals surface area contributed by atoms with Crippen LogP contribution in [-0.4, -0.2) is 49.5 Å². The molecule has 3 rings (SSSR count). The summed E-state index contributed by atoms with van der Waals surface area (Å²) in [5.74, 6) is -1.56. The van der Waals surface area contributed by atoms with Gasteiger partial charge >= 0.3 is 5.97 Å². The van der Waals surface area contributed by atoms with Crippen molar-refractivity contribution in [3.63, 3.8) is 0 Å². The predicted octanol–water partition coefficient (Wildman–Crippen LogP) is 2.59. The van der Waals surface area contributed by atoms with Crippen molar-refractivity contribution in [2.75, 3.05) is 20.0 Å². The lowest BCUT2D eigenvalue weighted by Crippen LogP contribution is -2.43. The minimum atomic E-state index is -0.862. The van der Waals surface area contributed by atoms with Crippen molar-refractivity contribution in [3.8, 4) is 5.75 Å². The van der Waals surface area contributed by atoms with Gasteiger partial charge in [-0.3, -0.25) is 14.4 Å². The number of hydrogen-bond donors (Lipinski definition) is 1. The molecule has 8 heteroatoms. The summed E-state index contributed by atoms with van der Waals surface area (Å²) in [5, 5.41) is 2.64. The Bertz CT molecular complexity index is 1050. The second kappa shape index (κ2) is 10.1. The number of Topliss-reactive ketones (excluding diaryl/α,β-unsaturated/α-hetero) is 1. The number of ketones is 2. The quantitative estimate of drug-likeness (QED) is 0.631. The number of carbonyl (C=O) groups excluding carboxylic acids is 4. The first-order valence-electron chi connectivity index (χ1n) is 9.46. The zero-order valence-corrected chi connectivity index (χ0v) is 17.9. The van der Waals surface area contributed by atoms with Crippen molar-refractivity contribution in [2.24, 2.45) is 0 Å². The number of nitrogens with one attached hydrogen (secondary N) is 1. The number of allylic oxidation sites excluding steroid dienone is 2. The second-order valence-corrected chi connectivity index (χ2v) is 7.72. The Kier molecular flexibility index (Phi) is 7.25. The number of hydrogen-bond acceptors (Lipinski definition) is 7. The number of amides is 1. The summed E-state index contributed by atoms with van der Waals surface area (Å²) in [4.78, 5) is 50.0. The van der Waals surface area contributed by atoms with Crippen molar-refractivity contribution in [2.45, 2.75) is 12.5 Å². The Morgan fingerprint density at radius 2 is 1.77 bits per heavy atom. The maximum Gasteiger partial charge on any atom is 0.328 e. The fraction of sp³-hybridized carbons (Fsp3) is 0.217. The molecule has 1 aliphatic carbocycles. The molecule has 1 N–H and O–H groups in total. The van der Waals surface area contributed by atoms with E-state index < -0.39 is 17.9 Å². The van der Waals surface area contributed by atoms with Crippen molar-refractivity contribution in [1.29, 1.82) is 0 Å². The molecule has 1 amide bonds. The van der Waals surface area contributed by atoms with Crippen LogP contribution < -0.4 is 10.1 Å². The number of methoxy groups -OCH3 is 2. The number of rotatable bonds is 8. The van der Waals surface area contributed by atoms with Gasteiger partial charge in [-0.05, 0) is 11.6 Å². The van der Waals surface area contributed by atoms with Crippen LogP contribution in [0.15, 0.2) is 59.5 Å². The van der Waals surface area contributed by atoms with Gasteiger partial charge in [0.2, 0.25) is 11.7 Å². The van der Waals surface area contributed by atoms with E-state index in [2.05, 4.69) is 5.32 Å². The van der Waals surface area contributed by atoms with Crippen molar-refractivity contribution >= 4 is 35.2 Å². The molecule has 1 atom stereocenters. The summed E-state index contributed by atoms with van der Waals surface area (Å²) >= 11 is 0.939. The van der Waals surface area contributed by atoms with Crippen molar-refractivity contribution in [1.82, 2.24) is 5.32 Å². The molecule has 31 heavy (non-hydrogen) atoms. The van der Waals surface area contributed by atoms with E-state index in [1.54, 1.807) is 18.2 Å². The number of fused-ring (bicyclic) bond motifs is 1. The van der Waals surface area contributed by atoms with E-state index in [-0.39, 0.29) is 39.8 Å². The van der Waals surface area contributed by atoms with Crippen LogP contribution in [0, 0.1) is 0 Å². The molecule has 1 aliphatic rings. The van der Waals surface area contributed by atoms with E-state index in [9.17, 15) is 19.2 Å². The minimum absolute atomic E-state index is 0.141. The van der Waals surface area contributed by atoms with Crippen LogP contribution in [0.3, 0.4) is 0 Å². The summed E-state index contributed by atoms with van der Waals surface area (Å²) in [6.45, 7) is 0. The maximum absolute atomic E-state index is 12.8. The molecule has 0 heterocycles. The third-order valence-electron chi connectivity index (χ3n) is 4.69. The van der Waals surface area contributed by atoms with Gasteiger partial charge in [-0.15, -0.1) is 11.8 Å². The second-order valence-electron chi connectivity index (χ2n) is 6.71. The number of benzene rings is 2. The molecule has 2 aromatic carbocycles. The highest BCUT2D eigenvalue weighted by Gasteiger charge is 2.30. The summed E-state index contributed by atoms with van der Waals surface area (Å²) in [6.07, 6.45) is 1.50. The first-order chi connectivity index (χ1) is 14.9. The van der Waals surface area contributed by atoms with Crippen molar-refractivity contribution in [3.05, 3.63) is 76.2 Å². The van der Waals surface area contributed by atoms with E-state index in [4.69, 9.17) is 9.47 Å². The van der Waals surface area contributed by atoms with Gasteiger partial charge in [-0.1, -0.05) is 42.5 Å². The minimum Gasteiger partial charge on any atom is -0.496 e. The highest BCUT2D eigenvalue weighted by atomic mass is 32.2. The van der Waals surface area contributed by atoms with Gasteiger partial charge in [0.15, 0.2) is 5.78 Å². The van der Waals surface area contributed by atoms with Crippen LogP contribution in [0.4, 0.5) is 0 Å². The molecule has 2 aromatic rings. The molecular formula is C23H21NO6S. The zero-order valence-electron chi connectivity index (χ0n) is 17.0. The van der Waals surface area contributed by atoms with Gasteiger partial charge in [-0.25, -0.2) is 4.79 Å². The first kappa shape index (κ1) is 22.3. The number of thioether (sulfide) groups is 1. The summed E-state index contributed by atoms with van der Waals surface area (Å²) < 4.78 is 10.0. The van der Waals surface area contributed by atoms with Crippen molar-refractivity contribution < 1.29 is 28.7 Å². The molecular weight excluding hydrogens is 418 g/mol. The Hall–Kier alpha value is -3.39.